The Labute approximate surface area is 225 Å². The van der Waals surface area contributed by atoms with Crippen molar-refractivity contribution in [2.75, 3.05) is 19.6 Å². The van der Waals surface area contributed by atoms with Gasteiger partial charge in [-0.25, -0.2) is 4.79 Å². The fourth-order valence-electron chi connectivity index (χ4n) is 8.25. The molecule has 5 aliphatic rings. The fourth-order valence-corrected chi connectivity index (χ4v) is 8.25. The summed E-state index contributed by atoms with van der Waals surface area (Å²) in [6.07, 6.45) is 11.8. The Kier molecular flexibility index (Phi) is 5.77. The second-order valence-corrected chi connectivity index (χ2v) is 13.1. The zero-order chi connectivity index (χ0) is 26.2. The molecule has 0 radical (unpaired) electrons. The van der Waals surface area contributed by atoms with E-state index < -0.39 is 5.63 Å². The molecule has 6 heteroatoms. The van der Waals surface area contributed by atoms with Crippen molar-refractivity contribution in [3.05, 3.63) is 50.9 Å². The monoisotopic (exact) mass is 516 g/mol. The number of carbonyl (C=O) groups excluding carboxylic acids is 1. The van der Waals surface area contributed by atoms with Gasteiger partial charge in [-0.15, -0.1) is 0 Å². The zero-order valence-electron chi connectivity index (χ0n) is 23.1. The first-order chi connectivity index (χ1) is 18.3. The Bertz CT molecular complexity index is 1390. The van der Waals surface area contributed by atoms with Crippen LogP contribution in [-0.2, 0) is 17.6 Å². The van der Waals surface area contributed by atoms with E-state index in [2.05, 4.69) is 35.8 Å². The zero-order valence-corrected chi connectivity index (χ0v) is 23.1. The van der Waals surface area contributed by atoms with Gasteiger partial charge in [0, 0.05) is 30.6 Å². The highest BCUT2D eigenvalue weighted by Gasteiger charge is 2.47. The van der Waals surface area contributed by atoms with Crippen LogP contribution < -0.4 is 10.4 Å². The van der Waals surface area contributed by atoms with Crippen molar-refractivity contribution in [3.8, 4) is 5.75 Å². The van der Waals surface area contributed by atoms with Gasteiger partial charge in [0.05, 0.1) is 18.0 Å². The summed E-state index contributed by atoms with van der Waals surface area (Å²) in [6.45, 7) is 9.22. The molecule has 5 heterocycles. The van der Waals surface area contributed by atoms with E-state index in [1.54, 1.807) is 0 Å². The maximum Gasteiger partial charge on any atom is 0.340 e. The highest BCUT2D eigenvalue weighted by atomic mass is 16.5. The highest BCUT2D eigenvalue weighted by molar-refractivity contribution is 5.86. The van der Waals surface area contributed by atoms with Gasteiger partial charge in [-0.2, -0.15) is 0 Å². The van der Waals surface area contributed by atoms with Crippen molar-refractivity contribution in [2.45, 2.75) is 96.2 Å². The van der Waals surface area contributed by atoms with Crippen LogP contribution in [0.15, 0.2) is 33.0 Å². The lowest BCUT2D eigenvalue weighted by molar-refractivity contribution is -0.135. The molecule has 1 aliphatic carbocycles. The molecule has 38 heavy (non-hydrogen) atoms. The Hall–Kier alpha value is -2.60. The predicted molar refractivity (Wildman–Crippen MR) is 148 cm³/mol. The van der Waals surface area contributed by atoms with Crippen LogP contribution in [-0.4, -0.2) is 53.0 Å². The summed E-state index contributed by atoms with van der Waals surface area (Å²) in [6, 6.07) is 4.86. The Balaban J connectivity index is 1.18. The summed E-state index contributed by atoms with van der Waals surface area (Å²) in [4.78, 5) is 31.9. The number of fused-ring (bicyclic) bond motifs is 8. The lowest BCUT2D eigenvalue weighted by Gasteiger charge is -2.54. The maximum atomic E-state index is 13.9. The summed E-state index contributed by atoms with van der Waals surface area (Å²) in [7, 11) is 0. The number of nitrogens with zero attached hydrogens (tertiary/aromatic N) is 2. The first-order valence-corrected chi connectivity index (χ1v) is 14.8. The molecule has 1 aromatic carbocycles. The van der Waals surface area contributed by atoms with Gasteiger partial charge < -0.3 is 14.1 Å². The number of amides is 1. The number of likely N-dealkylation sites (tertiary alicyclic amines) is 1. The lowest BCUT2D eigenvalue weighted by Crippen LogP contribution is -2.60. The van der Waals surface area contributed by atoms with Crippen molar-refractivity contribution >= 4 is 16.9 Å². The molecular weight excluding hydrogens is 476 g/mol. The third-order valence-corrected chi connectivity index (χ3v) is 10.2. The number of rotatable bonds is 2. The minimum absolute atomic E-state index is 0.0672. The molecule has 202 valence electrons. The Morgan fingerprint density at radius 2 is 2.00 bits per heavy atom. The van der Waals surface area contributed by atoms with Gasteiger partial charge in [-0.1, -0.05) is 18.1 Å². The van der Waals surface area contributed by atoms with Gasteiger partial charge in [0.25, 0.3) is 0 Å². The third kappa shape index (κ3) is 4.02. The molecule has 3 fully saturated rings. The molecule has 2 bridgehead atoms. The van der Waals surface area contributed by atoms with E-state index in [9.17, 15) is 9.59 Å². The highest BCUT2D eigenvalue weighted by Crippen LogP contribution is 2.45. The first-order valence-electron chi connectivity index (χ1n) is 14.8. The van der Waals surface area contributed by atoms with Crippen LogP contribution in [0.3, 0.4) is 0 Å². The van der Waals surface area contributed by atoms with Gasteiger partial charge in [-0.3, -0.25) is 9.69 Å². The molecule has 1 aromatic heterocycles. The van der Waals surface area contributed by atoms with Crippen molar-refractivity contribution in [1.29, 1.82) is 0 Å². The van der Waals surface area contributed by atoms with E-state index in [4.69, 9.17) is 9.15 Å². The van der Waals surface area contributed by atoms with E-state index >= 15 is 0 Å². The maximum absolute atomic E-state index is 13.9. The smallest absolute Gasteiger partial charge is 0.340 e. The van der Waals surface area contributed by atoms with Crippen LogP contribution in [0.5, 0.6) is 5.75 Å². The van der Waals surface area contributed by atoms with Crippen molar-refractivity contribution < 1.29 is 13.9 Å². The van der Waals surface area contributed by atoms with E-state index in [1.165, 1.54) is 37.8 Å². The molecule has 0 spiro atoms. The van der Waals surface area contributed by atoms with Crippen LogP contribution in [0.4, 0.5) is 0 Å². The number of aryl methyl sites for hydroxylation is 2. The molecule has 4 aliphatic heterocycles. The van der Waals surface area contributed by atoms with Gasteiger partial charge in [-0.05, 0) is 101 Å². The standard InChI is InChI=1S/C32H40N2O4/c1-19-24-15-20-9-10-32(2,3)38-27(20)17-28(24)37-31(36)25(19)16-29(35)34-12-6-7-21-13-22-14-23(30(21)34)18-33-11-5-4-8-26(22)33/h13,15,17,22-23,26,30H,4-12,14,16,18H2,1-3H3/t22-,23+,26-,30-/m1/s1. The van der Waals surface area contributed by atoms with E-state index in [1.807, 2.05) is 13.0 Å². The Morgan fingerprint density at radius 3 is 2.87 bits per heavy atom. The number of ether oxygens (including phenoxy) is 1. The normalized spacial score (nSPS) is 30.1. The Morgan fingerprint density at radius 1 is 1.13 bits per heavy atom. The molecule has 3 saturated heterocycles. The molecule has 2 aromatic rings. The molecule has 7 rings (SSSR count). The summed E-state index contributed by atoms with van der Waals surface area (Å²) in [5, 5.41) is 0.914. The van der Waals surface area contributed by atoms with Crippen molar-refractivity contribution in [2.24, 2.45) is 11.8 Å². The minimum atomic E-state index is -0.399. The second-order valence-electron chi connectivity index (χ2n) is 13.1. The molecule has 4 atom stereocenters. The minimum Gasteiger partial charge on any atom is -0.487 e. The quantitative estimate of drug-likeness (QED) is 0.407. The van der Waals surface area contributed by atoms with Crippen LogP contribution in [0.25, 0.3) is 11.0 Å². The van der Waals surface area contributed by atoms with E-state index in [-0.39, 0.29) is 24.0 Å². The van der Waals surface area contributed by atoms with Gasteiger partial charge in [0.15, 0.2) is 0 Å². The van der Waals surface area contributed by atoms with Crippen LogP contribution in [0.1, 0.15) is 75.5 Å². The van der Waals surface area contributed by atoms with Gasteiger partial charge >= 0.3 is 5.63 Å². The molecule has 1 amide bonds. The summed E-state index contributed by atoms with van der Waals surface area (Å²) in [5.41, 5.74) is 3.90. The second kappa shape index (κ2) is 8.97. The number of carbonyl (C=O) groups is 1. The van der Waals surface area contributed by atoms with Crippen LogP contribution >= 0.6 is 0 Å². The lowest BCUT2D eigenvalue weighted by atomic mass is 9.68. The summed E-state index contributed by atoms with van der Waals surface area (Å²) < 4.78 is 12.0. The first kappa shape index (κ1) is 24.4. The average molecular weight is 517 g/mol. The summed E-state index contributed by atoms with van der Waals surface area (Å²) in [5.74, 6) is 2.01. The fraction of sp³-hybridized carbons (Fsp3) is 0.625. The SMILES string of the molecule is Cc1c(CC(=O)N2CCCC3=C[C@@H]4C[C@@H](CN5CCCC[C@H]45)[C@@H]32)c(=O)oc2cc3c(cc12)CCC(C)(C)O3. The molecule has 0 unspecified atom stereocenters. The van der Waals surface area contributed by atoms with Crippen LogP contribution in [0.2, 0.25) is 0 Å². The number of hydrogen-bond donors (Lipinski definition) is 0. The molecule has 0 saturated carbocycles. The van der Waals surface area contributed by atoms with Crippen LogP contribution in [0, 0.1) is 18.8 Å². The van der Waals surface area contributed by atoms with Crippen molar-refractivity contribution in [1.82, 2.24) is 9.80 Å². The average Bonchev–Trinajstić information content (AvgIpc) is 2.89. The van der Waals surface area contributed by atoms with E-state index in [0.717, 1.165) is 61.0 Å². The third-order valence-electron chi connectivity index (χ3n) is 10.2. The summed E-state index contributed by atoms with van der Waals surface area (Å²) >= 11 is 0. The molecular formula is C32H40N2O4. The topological polar surface area (TPSA) is 63.0 Å². The predicted octanol–water partition coefficient (Wildman–Crippen LogP) is 5.17. The van der Waals surface area contributed by atoms with E-state index in [0.29, 0.717) is 29.0 Å². The number of piperidine rings is 3. The van der Waals surface area contributed by atoms with Gasteiger partial charge in [0.2, 0.25) is 5.91 Å². The van der Waals surface area contributed by atoms with Crippen molar-refractivity contribution in [3.63, 3.8) is 0 Å². The largest absolute Gasteiger partial charge is 0.487 e. The number of hydrogen-bond acceptors (Lipinski definition) is 5. The molecule has 6 nitrogen and oxygen atoms in total. The number of benzene rings is 1. The molecule has 0 N–H and O–H groups in total. The van der Waals surface area contributed by atoms with Gasteiger partial charge in [0.1, 0.15) is 16.9 Å².